The van der Waals surface area contributed by atoms with Crippen molar-refractivity contribution in [1.82, 2.24) is 9.96 Å². The topological polar surface area (TPSA) is 86.8 Å². The van der Waals surface area contributed by atoms with Gasteiger partial charge in [0, 0.05) is 33.7 Å². The van der Waals surface area contributed by atoms with Gasteiger partial charge in [-0.1, -0.05) is 50.2 Å². The van der Waals surface area contributed by atoms with Crippen molar-refractivity contribution in [3.63, 3.8) is 0 Å². The van der Waals surface area contributed by atoms with Gasteiger partial charge in [-0.15, -0.1) is 0 Å². The van der Waals surface area contributed by atoms with Crippen molar-refractivity contribution in [2.24, 2.45) is 11.8 Å². The highest BCUT2D eigenvalue weighted by molar-refractivity contribution is 5.85. The molecule has 0 aliphatic heterocycles. The third kappa shape index (κ3) is 11.2. The van der Waals surface area contributed by atoms with E-state index in [9.17, 15) is 9.59 Å². The van der Waals surface area contributed by atoms with Crippen LogP contribution < -0.4 is 9.47 Å². The first-order valence-corrected chi connectivity index (χ1v) is 14.5. The maximum Gasteiger partial charge on any atom is 0.411 e. The molecule has 234 valence electrons. The Bertz CT molecular complexity index is 1100. The van der Waals surface area contributed by atoms with E-state index in [-0.39, 0.29) is 24.3 Å². The number of methoxy groups -OCH3 is 2. The highest BCUT2D eigenvalue weighted by Crippen LogP contribution is 2.32. The molecule has 0 saturated carbocycles. The highest BCUT2D eigenvalue weighted by Gasteiger charge is 2.37. The molecule has 0 radical (unpaired) electrons. The molecule has 0 bridgehead atoms. The number of nitrogens with zero attached hydrogens (tertiary/aromatic N) is 2. The molecular weight excluding hydrogens is 536 g/mol. The van der Waals surface area contributed by atoms with Crippen LogP contribution in [0, 0.1) is 11.8 Å². The van der Waals surface area contributed by atoms with Crippen molar-refractivity contribution < 1.29 is 33.4 Å². The van der Waals surface area contributed by atoms with Crippen molar-refractivity contribution >= 4 is 12.0 Å². The van der Waals surface area contributed by atoms with Crippen molar-refractivity contribution in [3.8, 4) is 11.5 Å². The molecule has 2 aromatic carbocycles. The summed E-state index contributed by atoms with van der Waals surface area (Å²) in [4.78, 5) is 34.3. The van der Waals surface area contributed by atoms with Crippen molar-refractivity contribution in [2.45, 2.75) is 72.1 Å². The molecule has 0 fully saturated rings. The second-order valence-electron chi connectivity index (χ2n) is 11.8. The molecule has 0 aliphatic rings. The number of benzene rings is 2. The quantitative estimate of drug-likeness (QED) is 0.172. The minimum absolute atomic E-state index is 0.0413. The van der Waals surface area contributed by atoms with Crippen LogP contribution in [-0.4, -0.2) is 75.2 Å². The largest absolute Gasteiger partial charge is 0.493 e. The maximum absolute atomic E-state index is 13.8. The predicted octanol–water partition coefficient (Wildman–Crippen LogP) is 6.14. The van der Waals surface area contributed by atoms with Gasteiger partial charge >= 0.3 is 6.09 Å². The Balaban J connectivity index is 2.44. The third-order valence-corrected chi connectivity index (χ3v) is 7.01. The van der Waals surface area contributed by atoms with Crippen LogP contribution in [0.4, 0.5) is 4.79 Å². The van der Waals surface area contributed by atoms with Crippen LogP contribution in [0.3, 0.4) is 0 Å². The van der Waals surface area contributed by atoms with Gasteiger partial charge in [0.15, 0.2) is 11.5 Å². The van der Waals surface area contributed by atoms with Gasteiger partial charge in [-0.3, -0.25) is 14.5 Å². The summed E-state index contributed by atoms with van der Waals surface area (Å²) in [6.45, 7) is 11.1. The number of hydroxylamine groups is 2. The number of hydrogen-bond donors (Lipinski definition) is 0. The van der Waals surface area contributed by atoms with Crippen LogP contribution in [0.2, 0.25) is 0 Å². The Kier molecular flexibility index (Phi) is 14.1. The summed E-state index contributed by atoms with van der Waals surface area (Å²) in [6.07, 6.45) is 1.29. The van der Waals surface area contributed by atoms with Gasteiger partial charge in [-0.2, -0.15) is 0 Å². The molecule has 0 aromatic heterocycles. The fourth-order valence-corrected chi connectivity index (χ4v) is 4.59. The predicted molar refractivity (Wildman–Crippen MR) is 163 cm³/mol. The number of rotatable bonds is 16. The second-order valence-corrected chi connectivity index (χ2v) is 11.8. The molecule has 0 N–H and O–H groups in total. The van der Waals surface area contributed by atoms with Gasteiger partial charge < -0.3 is 18.9 Å². The van der Waals surface area contributed by atoms with E-state index in [1.54, 1.807) is 21.3 Å². The van der Waals surface area contributed by atoms with E-state index in [4.69, 9.17) is 23.8 Å². The fraction of sp³-hybridized carbons (Fsp3) is 0.576. The molecule has 2 atom stereocenters. The lowest BCUT2D eigenvalue weighted by Crippen LogP contribution is -2.52. The summed E-state index contributed by atoms with van der Waals surface area (Å²) in [6, 6.07) is 14.7. The van der Waals surface area contributed by atoms with Crippen LogP contribution in [0.15, 0.2) is 48.5 Å². The van der Waals surface area contributed by atoms with Gasteiger partial charge in [0.05, 0.1) is 20.8 Å². The molecule has 0 saturated heterocycles. The number of carbonyl (C=O) groups is 2. The SMILES string of the molecule is COCCCOc1cc(C[C@@H](C[C@@H](C(=O)N(C)OC)N(Cc2ccccc2)C(=O)OC(C)(C)C)C(C)C)ccc1OC. The van der Waals surface area contributed by atoms with Crippen LogP contribution in [0.25, 0.3) is 0 Å². The first-order valence-electron chi connectivity index (χ1n) is 14.5. The van der Waals surface area contributed by atoms with Crippen LogP contribution in [-0.2, 0) is 32.1 Å². The number of carbonyl (C=O) groups excluding carboxylic acids is 2. The standard InChI is InChI=1S/C33H50N2O7/c1-24(2)27(20-26-16-17-29(39-8)30(21-26)41-19-13-18-38-7)22-28(31(36)34(6)40-9)35(32(37)42-33(3,4)5)23-25-14-11-10-12-15-25/h10-12,14-17,21,24,27-28H,13,18-20,22-23H2,1-9H3/t27-,28-/m0/s1. The zero-order valence-electron chi connectivity index (χ0n) is 26.8. The molecule has 0 spiro atoms. The normalized spacial score (nSPS) is 12.9. The van der Waals surface area contributed by atoms with Crippen molar-refractivity contribution in [2.75, 3.05) is 41.6 Å². The fourth-order valence-electron chi connectivity index (χ4n) is 4.59. The minimum Gasteiger partial charge on any atom is -0.493 e. The van der Waals surface area contributed by atoms with Gasteiger partial charge in [0.2, 0.25) is 0 Å². The number of likely N-dealkylation sites (N-methyl/N-ethyl adjacent to an activating group) is 1. The zero-order valence-corrected chi connectivity index (χ0v) is 26.8. The van der Waals surface area contributed by atoms with Gasteiger partial charge in [0.25, 0.3) is 5.91 Å². The molecule has 0 unspecified atom stereocenters. The summed E-state index contributed by atoms with van der Waals surface area (Å²) in [5.41, 5.74) is 1.22. The highest BCUT2D eigenvalue weighted by atomic mass is 16.7. The van der Waals surface area contributed by atoms with E-state index < -0.39 is 17.7 Å². The molecule has 2 amide bonds. The van der Waals surface area contributed by atoms with E-state index >= 15 is 0 Å². The first kappa shape index (κ1) is 34.9. The Morgan fingerprint density at radius 1 is 0.905 bits per heavy atom. The van der Waals surface area contributed by atoms with Gasteiger partial charge in [-0.25, -0.2) is 9.86 Å². The minimum atomic E-state index is -0.819. The summed E-state index contributed by atoms with van der Waals surface area (Å²) in [7, 11) is 6.29. The zero-order chi connectivity index (χ0) is 31.3. The maximum atomic E-state index is 13.8. The van der Waals surface area contributed by atoms with Crippen LogP contribution >= 0.6 is 0 Å². The smallest absolute Gasteiger partial charge is 0.411 e. The van der Waals surface area contributed by atoms with Crippen molar-refractivity contribution in [1.29, 1.82) is 0 Å². The van der Waals surface area contributed by atoms with E-state index in [1.165, 1.54) is 17.1 Å². The summed E-state index contributed by atoms with van der Waals surface area (Å²) in [5.74, 6) is 1.26. The summed E-state index contributed by atoms with van der Waals surface area (Å²) < 4.78 is 22.5. The van der Waals surface area contributed by atoms with E-state index in [0.29, 0.717) is 37.6 Å². The van der Waals surface area contributed by atoms with Gasteiger partial charge in [-0.05, 0) is 68.7 Å². The second kappa shape index (κ2) is 17.0. The Labute approximate surface area is 252 Å². The average molecular weight is 587 g/mol. The molecular formula is C33H50N2O7. The Hall–Kier alpha value is -3.30. The number of hydrogen-bond acceptors (Lipinski definition) is 7. The lowest BCUT2D eigenvalue weighted by Gasteiger charge is -2.36. The van der Waals surface area contributed by atoms with Crippen molar-refractivity contribution in [3.05, 3.63) is 59.7 Å². The Morgan fingerprint density at radius 2 is 1.60 bits per heavy atom. The van der Waals surface area contributed by atoms with E-state index in [1.807, 2.05) is 69.3 Å². The molecule has 2 aromatic rings. The first-order chi connectivity index (χ1) is 19.9. The third-order valence-electron chi connectivity index (χ3n) is 7.01. The lowest BCUT2D eigenvalue weighted by atomic mass is 9.83. The molecule has 0 heterocycles. The molecule has 2 rings (SSSR count). The van der Waals surface area contributed by atoms with E-state index in [0.717, 1.165) is 17.5 Å². The molecule has 0 aliphatic carbocycles. The lowest BCUT2D eigenvalue weighted by molar-refractivity contribution is -0.175. The molecule has 9 nitrogen and oxygen atoms in total. The number of ether oxygens (including phenoxy) is 4. The van der Waals surface area contributed by atoms with E-state index in [2.05, 4.69) is 13.8 Å². The monoisotopic (exact) mass is 586 g/mol. The molecule has 9 heteroatoms. The Morgan fingerprint density at radius 3 is 2.17 bits per heavy atom. The van der Waals surface area contributed by atoms with Gasteiger partial charge in [0.1, 0.15) is 11.6 Å². The summed E-state index contributed by atoms with van der Waals surface area (Å²) >= 11 is 0. The average Bonchev–Trinajstić information content (AvgIpc) is 2.95. The molecule has 42 heavy (non-hydrogen) atoms. The van der Waals surface area contributed by atoms with Crippen LogP contribution in [0.1, 0.15) is 58.6 Å². The number of amides is 2. The van der Waals surface area contributed by atoms with Crippen LogP contribution in [0.5, 0.6) is 11.5 Å². The summed E-state index contributed by atoms with van der Waals surface area (Å²) in [5, 5.41) is 1.18.